The molecular formula is C11H17N3S. The fourth-order valence-corrected chi connectivity index (χ4v) is 3.60. The summed E-state index contributed by atoms with van der Waals surface area (Å²) in [5.74, 6) is 4.37. The van der Waals surface area contributed by atoms with Gasteiger partial charge in [-0.15, -0.1) is 0 Å². The molecule has 3 rings (SSSR count). The van der Waals surface area contributed by atoms with Gasteiger partial charge < -0.3 is 0 Å². The molecule has 0 radical (unpaired) electrons. The van der Waals surface area contributed by atoms with Gasteiger partial charge in [0.05, 0.1) is 5.25 Å². The minimum atomic E-state index is 0.582. The average molecular weight is 223 g/mol. The molecule has 2 atom stereocenters. The van der Waals surface area contributed by atoms with Gasteiger partial charge in [-0.25, -0.2) is 9.67 Å². The standard InChI is InChI=1S/C11H17N3S/c1-8-4-5-10-12-11(13-14(10)7-8)9-3-2-6-15-9/h8-9H,2-7H2,1H3. The normalized spacial score (nSPS) is 30.5. The maximum absolute atomic E-state index is 4.70. The lowest BCUT2D eigenvalue weighted by molar-refractivity contribution is 0.367. The van der Waals surface area contributed by atoms with Crippen LogP contribution in [0, 0.1) is 5.92 Å². The Morgan fingerprint density at radius 3 is 3.13 bits per heavy atom. The first-order chi connectivity index (χ1) is 7.33. The minimum Gasteiger partial charge on any atom is -0.250 e. The summed E-state index contributed by atoms with van der Waals surface area (Å²) in [6.45, 7) is 3.37. The van der Waals surface area contributed by atoms with Crippen molar-refractivity contribution in [2.45, 2.75) is 44.4 Å². The van der Waals surface area contributed by atoms with Gasteiger partial charge >= 0.3 is 0 Å². The zero-order valence-corrected chi connectivity index (χ0v) is 9.96. The largest absolute Gasteiger partial charge is 0.250 e. The molecule has 1 aromatic rings. The maximum Gasteiger partial charge on any atom is 0.163 e. The molecule has 3 heterocycles. The van der Waals surface area contributed by atoms with Crippen LogP contribution in [0.3, 0.4) is 0 Å². The molecule has 1 saturated heterocycles. The van der Waals surface area contributed by atoms with E-state index in [2.05, 4.69) is 16.7 Å². The van der Waals surface area contributed by atoms with E-state index in [9.17, 15) is 0 Å². The number of hydrogen-bond acceptors (Lipinski definition) is 3. The van der Waals surface area contributed by atoms with E-state index in [1.165, 1.54) is 30.8 Å². The van der Waals surface area contributed by atoms with Gasteiger partial charge in [0, 0.05) is 13.0 Å². The van der Waals surface area contributed by atoms with E-state index in [1.807, 2.05) is 11.8 Å². The molecule has 0 bridgehead atoms. The number of thioether (sulfide) groups is 1. The van der Waals surface area contributed by atoms with Gasteiger partial charge in [0.2, 0.25) is 0 Å². The van der Waals surface area contributed by atoms with E-state index in [0.717, 1.165) is 24.7 Å². The molecule has 1 aromatic heterocycles. The Morgan fingerprint density at radius 2 is 2.33 bits per heavy atom. The van der Waals surface area contributed by atoms with E-state index in [1.54, 1.807) is 0 Å². The van der Waals surface area contributed by atoms with Crippen molar-refractivity contribution in [2.24, 2.45) is 5.92 Å². The van der Waals surface area contributed by atoms with Gasteiger partial charge in [0.15, 0.2) is 5.82 Å². The molecule has 15 heavy (non-hydrogen) atoms. The van der Waals surface area contributed by atoms with Crippen LogP contribution in [-0.4, -0.2) is 20.5 Å². The number of aromatic nitrogens is 3. The lowest BCUT2D eigenvalue weighted by Crippen LogP contribution is -2.18. The van der Waals surface area contributed by atoms with Crippen LogP contribution in [0.4, 0.5) is 0 Å². The molecule has 2 unspecified atom stereocenters. The van der Waals surface area contributed by atoms with Crippen LogP contribution in [0.2, 0.25) is 0 Å². The predicted octanol–water partition coefficient (Wildman–Crippen LogP) is 2.43. The lowest BCUT2D eigenvalue weighted by atomic mass is 10.0. The van der Waals surface area contributed by atoms with Crippen LogP contribution < -0.4 is 0 Å². The molecule has 0 spiro atoms. The van der Waals surface area contributed by atoms with Crippen molar-refractivity contribution >= 4 is 11.8 Å². The maximum atomic E-state index is 4.70. The molecule has 3 nitrogen and oxygen atoms in total. The van der Waals surface area contributed by atoms with Gasteiger partial charge in [0.1, 0.15) is 5.82 Å². The SMILES string of the molecule is CC1CCc2nc(C3CCCS3)nn2C1. The minimum absolute atomic E-state index is 0.582. The number of rotatable bonds is 1. The number of hydrogen-bond donors (Lipinski definition) is 0. The van der Waals surface area contributed by atoms with Crippen LogP contribution in [0.5, 0.6) is 0 Å². The molecule has 0 aliphatic carbocycles. The smallest absolute Gasteiger partial charge is 0.163 e. The van der Waals surface area contributed by atoms with Crippen LogP contribution >= 0.6 is 11.8 Å². The Morgan fingerprint density at radius 1 is 1.40 bits per heavy atom. The summed E-state index contributed by atoms with van der Waals surface area (Å²) in [6.07, 6.45) is 4.99. The Balaban J connectivity index is 1.85. The molecule has 2 aliphatic heterocycles. The molecular weight excluding hydrogens is 206 g/mol. The zero-order chi connectivity index (χ0) is 10.3. The van der Waals surface area contributed by atoms with Gasteiger partial charge in [-0.1, -0.05) is 6.92 Å². The number of nitrogens with zero attached hydrogens (tertiary/aromatic N) is 3. The summed E-state index contributed by atoms with van der Waals surface area (Å²) in [4.78, 5) is 4.70. The second-order valence-electron chi connectivity index (χ2n) is 4.71. The van der Waals surface area contributed by atoms with Gasteiger partial charge in [0.25, 0.3) is 0 Å². The molecule has 82 valence electrons. The zero-order valence-electron chi connectivity index (χ0n) is 9.15. The third kappa shape index (κ3) is 1.80. The van der Waals surface area contributed by atoms with Crippen LogP contribution in [0.15, 0.2) is 0 Å². The second kappa shape index (κ2) is 3.81. The Labute approximate surface area is 94.7 Å². The first-order valence-corrected chi connectivity index (χ1v) is 6.93. The topological polar surface area (TPSA) is 30.7 Å². The second-order valence-corrected chi connectivity index (χ2v) is 6.02. The van der Waals surface area contributed by atoms with E-state index in [0.29, 0.717) is 5.25 Å². The molecule has 2 aliphatic rings. The Bertz CT molecular complexity index is 355. The highest BCUT2D eigenvalue weighted by molar-refractivity contribution is 7.99. The molecule has 0 N–H and O–H groups in total. The molecule has 0 saturated carbocycles. The highest BCUT2D eigenvalue weighted by Crippen LogP contribution is 2.38. The summed E-state index contributed by atoms with van der Waals surface area (Å²) in [6, 6.07) is 0. The van der Waals surface area contributed by atoms with Crippen molar-refractivity contribution in [1.82, 2.24) is 14.8 Å². The Kier molecular flexibility index (Phi) is 2.47. The van der Waals surface area contributed by atoms with Crippen molar-refractivity contribution in [3.8, 4) is 0 Å². The Hall–Kier alpha value is -0.510. The van der Waals surface area contributed by atoms with Crippen molar-refractivity contribution in [3.05, 3.63) is 11.6 Å². The predicted molar refractivity (Wildman–Crippen MR) is 61.9 cm³/mol. The molecule has 0 aromatic carbocycles. The van der Waals surface area contributed by atoms with E-state index in [4.69, 9.17) is 4.98 Å². The van der Waals surface area contributed by atoms with E-state index < -0.39 is 0 Å². The molecule has 1 fully saturated rings. The van der Waals surface area contributed by atoms with Crippen LogP contribution in [-0.2, 0) is 13.0 Å². The number of aryl methyl sites for hydroxylation is 1. The number of fused-ring (bicyclic) bond motifs is 1. The van der Waals surface area contributed by atoms with Gasteiger partial charge in [-0.3, -0.25) is 0 Å². The first-order valence-electron chi connectivity index (χ1n) is 5.88. The summed E-state index contributed by atoms with van der Waals surface area (Å²) in [7, 11) is 0. The van der Waals surface area contributed by atoms with Crippen LogP contribution in [0.25, 0.3) is 0 Å². The third-order valence-corrected chi connectivity index (χ3v) is 4.70. The van der Waals surface area contributed by atoms with Crippen molar-refractivity contribution < 1.29 is 0 Å². The monoisotopic (exact) mass is 223 g/mol. The fourth-order valence-electron chi connectivity index (χ4n) is 2.40. The fraction of sp³-hybridized carbons (Fsp3) is 0.818. The lowest BCUT2D eigenvalue weighted by Gasteiger charge is -2.17. The molecule has 4 heteroatoms. The van der Waals surface area contributed by atoms with Crippen molar-refractivity contribution in [3.63, 3.8) is 0 Å². The van der Waals surface area contributed by atoms with E-state index >= 15 is 0 Å². The van der Waals surface area contributed by atoms with E-state index in [-0.39, 0.29) is 0 Å². The average Bonchev–Trinajstić information content (AvgIpc) is 2.84. The highest BCUT2D eigenvalue weighted by Gasteiger charge is 2.25. The summed E-state index contributed by atoms with van der Waals surface area (Å²) in [5, 5.41) is 5.25. The van der Waals surface area contributed by atoms with Gasteiger partial charge in [-0.05, 0) is 30.9 Å². The summed E-state index contributed by atoms with van der Waals surface area (Å²) in [5.41, 5.74) is 0. The van der Waals surface area contributed by atoms with Crippen LogP contribution in [0.1, 0.15) is 43.1 Å². The third-order valence-electron chi connectivity index (χ3n) is 3.33. The molecule has 0 amide bonds. The first kappa shape index (κ1) is 9.70. The van der Waals surface area contributed by atoms with Gasteiger partial charge in [-0.2, -0.15) is 16.9 Å². The quantitative estimate of drug-likeness (QED) is 0.732. The van der Waals surface area contributed by atoms with Crippen molar-refractivity contribution in [1.29, 1.82) is 0 Å². The summed E-state index contributed by atoms with van der Waals surface area (Å²) >= 11 is 2.02. The van der Waals surface area contributed by atoms with Crippen molar-refractivity contribution in [2.75, 3.05) is 5.75 Å². The summed E-state index contributed by atoms with van der Waals surface area (Å²) < 4.78 is 2.14. The highest BCUT2D eigenvalue weighted by atomic mass is 32.2.